The van der Waals surface area contributed by atoms with Gasteiger partial charge in [-0.1, -0.05) is 0 Å². The van der Waals surface area contributed by atoms with Crippen molar-refractivity contribution >= 4 is 53.3 Å². The van der Waals surface area contributed by atoms with E-state index in [0.717, 1.165) is 38.1 Å². The maximum absolute atomic E-state index is 13.5. The highest BCUT2D eigenvalue weighted by atomic mass is 16.6. The van der Waals surface area contributed by atoms with Gasteiger partial charge in [0, 0.05) is 25.1 Å². The Morgan fingerprint density at radius 2 is 1.13 bits per heavy atom. The van der Waals surface area contributed by atoms with Crippen LogP contribution in [0.4, 0.5) is 5.69 Å². The van der Waals surface area contributed by atoms with Crippen LogP contribution >= 0.6 is 0 Å². The first-order chi connectivity index (χ1) is 26.2. The maximum Gasteiger partial charge on any atom is 0.349 e. The Morgan fingerprint density at radius 3 is 1.58 bits per heavy atom. The van der Waals surface area contributed by atoms with E-state index in [4.69, 9.17) is 32.8 Å². The monoisotopic (exact) mass is 761 g/mol. The van der Waals surface area contributed by atoms with Crippen molar-refractivity contribution in [1.82, 2.24) is 10.9 Å². The molecule has 4 aromatic rings. The van der Waals surface area contributed by atoms with Gasteiger partial charge in [0.05, 0.1) is 31.6 Å². The summed E-state index contributed by atoms with van der Waals surface area (Å²) < 4.78 is 35.7. The lowest BCUT2D eigenvalue weighted by atomic mass is 10.1. The molecule has 1 aromatic heterocycles. The molecule has 0 aliphatic rings. The number of carbonyl (C=O) groups is 8. The number of benzene rings is 3. The van der Waals surface area contributed by atoms with Gasteiger partial charge in [0.2, 0.25) is 12.2 Å². The second kappa shape index (κ2) is 18.2. The summed E-state index contributed by atoms with van der Waals surface area (Å²) in [6.07, 6.45) is -3.68. The SMILES string of the molecule is COc1cc(C(=O)O[C@@H](C(=O)O)[C@@H](OC(=O)c2ccc(OC(C)=O)c(OC)c2)C(=O)NNC(=O)c2ccc(NC(=O)c3ccco3)cc2)ccc1OC(C)=O. The molecule has 0 saturated heterocycles. The minimum absolute atomic E-state index is 0.0418. The Labute approximate surface area is 310 Å². The molecule has 19 heteroatoms. The average Bonchev–Trinajstić information content (AvgIpc) is 3.70. The quantitative estimate of drug-likeness (QED) is 0.0818. The summed E-state index contributed by atoms with van der Waals surface area (Å²) in [6.45, 7) is 2.25. The molecule has 0 unspecified atom stereocenters. The predicted octanol–water partition coefficient (Wildman–Crippen LogP) is 2.70. The molecule has 4 rings (SSSR count). The fourth-order valence-electron chi connectivity index (χ4n) is 4.50. The van der Waals surface area contributed by atoms with Gasteiger partial charge in [0.1, 0.15) is 0 Å². The number of amides is 3. The standard InChI is InChI=1S/C36H31N3O16/c1-18(40)52-24-13-9-21(16-27(24)49-3)35(47)54-29(30(34(45)46)55-36(48)22-10-14-25(53-19(2)41)28(17-22)50-4)33(44)39-38-31(42)20-7-11-23(12-8-20)37-32(43)26-6-5-15-51-26/h5-17,29-30H,1-4H3,(H,37,43)(H,38,42)(H,39,44)(H,45,46)/t29-,30-/m1/s1. The van der Waals surface area contributed by atoms with Crippen LogP contribution in [0.1, 0.15) is 55.5 Å². The van der Waals surface area contributed by atoms with Crippen LogP contribution in [-0.2, 0) is 28.7 Å². The molecule has 3 amide bonds. The molecular weight excluding hydrogens is 730 g/mol. The van der Waals surface area contributed by atoms with Crippen molar-refractivity contribution in [2.24, 2.45) is 0 Å². The second-order valence-electron chi connectivity index (χ2n) is 10.9. The molecule has 0 saturated carbocycles. The third-order valence-corrected chi connectivity index (χ3v) is 7.00. The number of esters is 4. The van der Waals surface area contributed by atoms with Gasteiger partial charge in [-0.05, 0) is 72.8 Å². The molecule has 3 aromatic carbocycles. The second-order valence-corrected chi connectivity index (χ2v) is 10.9. The van der Waals surface area contributed by atoms with Crippen LogP contribution in [0.15, 0.2) is 83.5 Å². The number of furan rings is 1. The smallest absolute Gasteiger partial charge is 0.349 e. The number of hydrazine groups is 1. The lowest BCUT2D eigenvalue weighted by Gasteiger charge is -2.24. The fourth-order valence-corrected chi connectivity index (χ4v) is 4.50. The van der Waals surface area contributed by atoms with Crippen LogP contribution in [-0.4, -0.2) is 79.1 Å². The Bertz CT molecular complexity index is 2110. The number of ether oxygens (including phenoxy) is 6. The summed E-state index contributed by atoms with van der Waals surface area (Å²) in [5, 5.41) is 12.7. The number of hydrogen-bond donors (Lipinski definition) is 4. The Hall–Kier alpha value is -7.70. The van der Waals surface area contributed by atoms with Gasteiger partial charge >= 0.3 is 29.8 Å². The van der Waals surface area contributed by atoms with Crippen molar-refractivity contribution in [3.63, 3.8) is 0 Å². The zero-order valence-corrected chi connectivity index (χ0v) is 29.2. The van der Waals surface area contributed by atoms with Crippen molar-refractivity contribution in [2.75, 3.05) is 19.5 Å². The number of nitrogens with one attached hydrogen (secondary N) is 3. The van der Waals surface area contributed by atoms with Gasteiger partial charge in [-0.15, -0.1) is 0 Å². The average molecular weight is 762 g/mol. The zero-order valence-electron chi connectivity index (χ0n) is 29.2. The Balaban J connectivity index is 1.57. The number of carbonyl (C=O) groups excluding carboxylic acids is 7. The number of carboxylic acid groups (broad SMARTS) is 1. The molecule has 286 valence electrons. The van der Waals surface area contributed by atoms with Crippen LogP contribution in [0, 0.1) is 0 Å². The number of hydrogen-bond acceptors (Lipinski definition) is 15. The van der Waals surface area contributed by atoms with E-state index in [1.807, 2.05) is 10.9 Å². The van der Waals surface area contributed by atoms with Crippen LogP contribution in [0.25, 0.3) is 0 Å². The van der Waals surface area contributed by atoms with Gasteiger partial charge in [-0.25, -0.2) is 14.4 Å². The first kappa shape index (κ1) is 40.1. The molecule has 4 N–H and O–H groups in total. The van der Waals surface area contributed by atoms with Gasteiger partial charge in [-0.2, -0.15) is 0 Å². The molecule has 0 aliphatic carbocycles. The number of anilines is 1. The number of aliphatic carboxylic acids is 1. The van der Waals surface area contributed by atoms with E-state index >= 15 is 0 Å². The summed E-state index contributed by atoms with van der Waals surface area (Å²) in [5.74, 6) is -9.32. The topological polar surface area (TPSA) is 261 Å². The first-order valence-corrected chi connectivity index (χ1v) is 15.6. The van der Waals surface area contributed by atoms with Crippen LogP contribution in [0.5, 0.6) is 23.0 Å². The van der Waals surface area contributed by atoms with Crippen molar-refractivity contribution < 1.29 is 76.3 Å². The van der Waals surface area contributed by atoms with E-state index in [2.05, 4.69) is 5.32 Å². The number of rotatable bonds is 14. The van der Waals surface area contributed by atoms with E-state index in [9.17, 15) is 43.5 Å². The summed E-state index contributed by atoms with van der Waals surface area (Å²) in [7, 11) is 2.41. The van der Waals surface area contributed by atoms with Gasteiger partial charge in [0.15, 0.2) is 28.8 Å². The van der Waals surface area contributed by atoms with E-state index < -0.39 is 59.8 Å². The Morgan fingerprint density at radius 1 is 0.618 bits per heavy atom. The minimum Gasteiger partial charge on any atom is -0.493 e. The van der Waals surface area contributed by atoms with Crippen LogP contribution < -0.4 is 35.1 Å². The van der Waals surface area contributed by atoms with Gasteiger partial charge in [0.25, 0.3) is 17.7 Å². The van der Waals surface area contributed by atoms with Gasteiger partial charge < -0.3 is 43.3 Å². The predicted molar refractivity (Wildman–Crippen MR) is 183 cm³/mol. The zero-order chi connectivity index (χ0) is 40.2. The lowest BCUT2D eigenvalue weighted by Crippen LogP contribution is -2.54. The summed E-state index contributed by atoms with van der Waals surface area (Å²) in [4.78, 5) is 100. The summed E-state index contributed by atoms with van der Waals surface area (Å²) >= 11 is 0. The molecule has 0 radical (unpaired) electrons. The lowest BCUT2D eigenvalue weighted by molar-refractivity contribution is -0.159. The molecular formula is C36H31N3O16. The summed E-state index contributed by atoms with van der Waals surface area (Å²) in [6, 6.07) is 15.0. The van der Waals surface area contributed by atoms with E-state index in [-0.39, 0.29) is 51.1 Å². The van der Waals surface area contributed by atoms with Crippen molar-refractivity contribution in [1.29, 1.82) is 0 Å². The number of methoxy groups -OCH3 is 2. The van der Waals surface area contributed by atoms with Crippen LogP contribution in [0.3, 0.4) is 0 Å². The highest BCUT2D eigenvalue weighted by Crippen LogP contribution is 2.30. The summed E-state index contributed by atoms with van der Waals surface area (Å²) in [5.41, 5.74) is 3.58. The first-order valence-electron chi connectivity index (χ1n) is 15.6. The molecule has 1 heterocycles. The fraction of sp³-hybridized carbons (Fsp3) is 0.167. The van der Waals surface area contributed by atoms with Crippen LogP contribution in [0.2, 0.25) is 0 Å². The normalized spacial score (nSPS) is 11.4. The third-order valence-electron chi connectivity index (χ3n) is 7.00. The maximum atomic E-state index is 13.5. The van der Waals surface area contributed by atoms with Crippen molar-refractivity contribution in [2.45, 2.75) is 26.1 Å². The molecule has 19 nitrogen and oxygen atoms in total. The third kappa shape index (κ3) is 10.7. The molecule has 0 spiro atoms. The molecule has 0 aliphatic heterocycles. The molecule has 55 heavy (non-hydrogen) atoms. The largest absolute Gasteiger partial charge is 0.493 e. The minimum atomic E-state index is -2.54. The van der Waals surface area contributed by atoms with E-state index in [0.29, 0.717) is 0 Å². The van der Waals surface area contributed by atoms with Gasteiger partial charge in [-0.3, -0.25) is 34.8 Å². The highest BCUT2D eigenvalue weighted by Gasteiger charge is 2.41. The molecule has 0 bridgehead atoms. The highest BCUT2D eigenvalue weighted by molar-refractivity contribution is 6.03. The van der Waals surface area contributed by atoms with Crippen molar-refractivity contribution in [3.8, 4) is 23.0 Å². The molecule has 2 atom stereocenters. The van der Waals surface area contributed by atoms with E-state index in [1.54, 1.807) is 0 Å². The van der Waals surface area contributed by atoms with Crippen molar-refractivity contribution in [3.05, 3.63) is 102 Å². The van der Waals surface area contributed by atoms with E-state index in [1.165, 1.54) is 69.0 Å². The molecule has 0 fully saturated rings. The Kier molecular flexibility index (Phi) is 13.2. The number of carboxylic acids is 1.